The molecule has 0 fully saturated rings. The third-order valence-electron chi connectivity index (χ3n) is 3.24. The Labute approximate surface area is 115 Å². The smallest absolute Gasteiger partial charge is 0.0805 e. The van der Waals surface area contributed by atoms with Crippen LogP contribution in [-0.2, 0) is 4.74 Å². The quantitative estimate of drug-likeness (QED) is 0.760. The number of hydrogen-bond donors (Lipinski definition) is 0. The van der Waals surface area contributed by atoms with Crippen molar-refractivity contribution in [3.05, 3.63) is 66.2 Å². The van der Waals surface area contributed by atoms with Crippen LogP contribution in [0.1, 0.15) is 19.4 Å². The van der Waals surface area contributed by atoms with E-state index in [1.807, 2.05) is 6.07 Å². The molecule has 0 N–H and O–H groups in total. The first-order valence-electron chi connectivity index (χ1n) is 6.51. The summed E-state index contributed by atoms with van der Waals surface area (Å²) in [5, 5.41) is 0. The summed E-state index contributed by atoms with van der Waals surface area (Å²) in [7, 11) is 1.73. The Morgan fingerprint density at radius 3 is 2.21 bits per heavy atom. The fraction of sp³-hybridized carbons (Fsp3) is 0.222. The van der Waals surface area contributed by atoms with Crippen LogP contribution in [0.4, 0.5) is 0 Å². The third kappa shape index (κ3) is 3.55. The van der Waals surface area contributed by atoms with Crippen LogP contribution in [0.3, 0.4) is 0 Å². The molecule has 0 heterocycles. The molecule has 0 spiro atoms. The first-order valence-corrected chi connectivity index (χ1v) is 6.51. The molecule has 0 unspecified atom stereocenters. The lowest BCUT2D eigenvalue weighted by atomic mass is 9.98. The maximum Gasteiger partial charge on any atom is 0.0805 e. The van der Waals surface area contributed by atoms with Crippen LogP contribution < -0.4 is 0 Å². The monoisotopic (exact) mass is 252 g/mol. The summed E-state index contributed by atoms with van der Waals surface area (Å²) in [6.07, 6.45) is 4.22. The lowest BCUT2D eigenvalue weighted by Crippen LogP contribution is -2.18. The minimum atomic E-state index is -0.246. The van der Waals surface area contributed by atoms with E-state index < -0.39 is 0 Å². The van der Waals surface area contributed by atoms with Crippen LogP contribution in [0.5, 0.6) is 0 Å². The van der Waals surface area contributed by atoms with Gasteiger partial charge in [0.05, 0.1) is 5.60 Å². The summed E-state index contributed by atoms with van der Waals surface area (Å²) >= 11 is 0. The Balaban J connectivity index is 2.38. The van der Waals surface area contributed by atoms with Gasteiger partial charge in [0.2, 0.25) is 0 Å². The molecule has 2 aromatic rings. The third-order valence-corrected chi connectivity index (χ3v) is 3.24. The molecule has 0 saturated heterocycles. The highest BCUT2D eigenvalue weighted by Gasteiger charge is 2.11. The number of rotatable bonds is 4. The maximum atomic E-state index is 5.42. The van der Waals surface area contributed by atoms with Gasteiger partial charge in [0, 0.05) is 7.11 Å². The molecule has 1 heteroatoms. The molecule has 0 aliphatic carbocycles. The molecule has 0 saturated carbocycles. The van der Waals surface area contributed by atoms with Gasteiger partial charge < -0.3 is 4.74 Å². The average molecular weight is 252 g/mol. The molecule has 0 bridgehead atoms. The summed E-state index contributed by atoms with van der Waals surface area (Å²) in [6, 6.07) is 18.8. The number of hydrogen-bond acceptors (Lipinski definition) is 1. The Morgan fingerprint density at radius 2 is 1.53 bits per heavy atom. The van der Waals surface area contributed by atoms with Gasteiger partial charge in [-0.2, -0.15) is 0 Å². The number of ether oxygens (including phenoxy) is 1. The van der Waals surface area contributed by atoms with Gasteiger partial charge in [-0.25, -0.2) is 0 Å². The van der Waals surface area contributed by atoms with Crippen molar-refractivity contribution in [2.24, 2.45) is 0 Å². The second-order valence-corrected chi connectivity index (χ2v) is 5.09. The number of methoxy groups -OCH3 is 1. The van der Waals surface area contributed by atoms with E-state index in [4.69, 9.17) is 4.74 Å². The van der Waals surface area contributed by atoms with Crippen molar-refractivity contribution in [3.8, 4) is 11.1 Å². The molecule has 0 aliphatic rings. The summed E-state index contributed by atoms with van der Waals surface area (Å²) in [5.74, 6) is 0. The van der Waals surface area contributed by atoms with E-state index in [1.54, 1.807) is 7.11 Å². The molecule has 0 aromatic heterocycles. The van der Waals surface area contributed by atoms with Crippen molar-refractivity contribution < 1.29 is 4.74 Å². The molecule has 1 nitrogen and oxygen atoms in total. The summed E-state index contributed by atoms with van der Waals surface area (Å²) in [6.45, 7) is 4.10. The highest BCUT2D eigenvalue weighted by Crippen LogP contribution is 2.25. The van der Waals surface area contributed by atoms with E-state index in [-0.39, 0.29) is 5.60 Å². The lowest BCUT2D eigenvalue weighted by molar-refractivity contribution is 0.0663. The molecule has 2 aromatic carbocycles. The maximum absolute atomic E-state index is 5.42. The van der Waals surface area contributed by atoms with Gasteiger partial charge in [-0.15, -0.1) is 0 Å². The van der Waals surface area contributed by atoms with E-state index in [1.165, 1.54) is 16.7 Å². The van der Waals surface area contributed by atoms with Gasteiger partial charge in [-0.1, -0.05) is 66.7 Å². The zero-order valence-electron chi connectivity index (χ0n) is 11.8. The zero-order valence-corrected chi connectivity index (χ0v) is 11.8. The fourth-order valence-corrected chi connectivity index (χ4v) is 1.88. The van der Waals surface area contributed by atoms with Crippen molar-refractivity contribution in [2.75, 3.05) is 7.11 Å². The van der Waals surface area contributed by atoms with Crippen LogP contribution in [-0.4, -0.2) is 12.7 Å². The van der Waals surface area contributed by atoms with E-state index in [2.05, 4.69) is 74.5 Å². The predicted molar refractivity (Wildman–Crippen MR) is 82.0 cm³/mol. The molecular weight excluding hydrogens is 232 g/mol. The molecular formula is C18H20O. The average Bonchev–Trinajstić information content (AvgIpc) is 2.46. The first kappa shape index (κ1) is 13.6. The van der Waals surface area contributed by atoms with Crippen LogP contribution in [0.2, 0.25) is 0 Å². The van der Waals surface area contributed by atoms with Crippen LogP contribution >= 0.6 is 0 Å². The fourth-order valence-electron chi connectivity index (χ4n) is 1.88. The van der Waals surface area contributed by atoms with Gasteiger partial charge in [0.1, 0.15) is 0 Å². The van der Waals surface area contributed by atoms with Crippen LogP contribution in [0.15, 0.2) is 60.7 Å². The number of benzene rings is 2. The van der Waals surface area contributed by atoms with E-state index in [0.717, 1.165) is 0 Å². The van der Waals surface area contributed by atoms with Crippen molar-refractivity contribution >= 4 is 6.08 Å². The van der Waals surface area contributed by atoms with E-state index in [9.17, 15) is 0 Å². The lowest BCUT2D eigenvalue weighted by Gasteiger charge is -2.18. The molecule has 0 aliphatic heterocycles. The molecule has 0 atom stereocenters. The van der Waals surface area contributed by atoms with Gasteiger partial charge in [-0.3, -0.25) is 0 Å². The van der Waals surface area contributed by atoms with Crippen molar-refractivity contribution in [3.63, 3.8) is 0 Å². The minimum absolute atomic E-state index is 0.246. The normalized spacial score (nSPS) is 11.9. The molecule has 0 radical (unpaired) electrons. The Kier molecular flexibility index (Phi) is 4.18. The largest absolute Gasteiger partial charge is 0.375 e. The van der Waals surface area contributed by atoms with Gasteiger partial charge in [-0.05, 0) is 30.5 Å². The second kappa shape index (κ2) is 5.85. The molecule has 19 heavy (non-hydrogen) atoms. The highest BCUT2D eigenvalue weighted by molar-refractivity contribution is 5.75. The minimum Gasteiger partial charge on any atom is -0.375 e. The Hall–Kier alpha value is -1.86. The van der Waals surface area contributed by atoms with Gasteiger partial charge >= 0.3 is 0 Å². The summed E-state index contributed by atoms with van der Waals surface area (Å²) in [5.41, 5.74) is 3.44. The van der Waals surface area contributed by atoms with Crippen molar-refractivity contribution in [2.45, 2.75) is 19.4 Å². The predicted octanol–water partition coefficient (Wildman–Crippen LogP) is 4.79. The zero-order chi connectivity index (χ0) is 13.7. The van der Waals surface area contributed by atoms with E-state index >= 15 is 0 Å². The topological polar surface area (TPSA) is 9.23 Å². The van der Waals surface area contributed by atoms with Crippen LogP contribution in [0.25, 0.3) is 17.2 Å². The van der Waals surface area contributed by atoms with Crippen LogP contribution in [0, 0.1) is 0 Å². The van der Waals surface area contributed by atoms with Crippen molar-refractivity contribution in [1.82, 2.24) is 0 Å². The highest BCUT2D eigenvalue weighted by atomic mass is 16.5. The Bertz CT molecular complexity index is 553. The second-order valence-electron chi connectivity index (χ2n) is 5.09. The first-order chi connectivity index (χ1) is 9.12. The van der Waals surface area contributed by atoms with E-state index in [0.29, 0.717) is 0 Å². The standard InChI is InChI=1S/C18H20O/c1-18(2,19-3)14-13-16-11-7-8-12-17(16)15-9-5-4-6-10-15/h4-14H,1-3H3/b14-13+. The molecule has 98 valence electrons. The SMILES string of the molecule is COC(C)(C)/C=C/c1ccccc1-c1ccccc1. The van der Waals surface area contributed by atoms with Gasteiger partial charge in [0.25, 0.3) is 0 Å². The van der Waals surface area contributed by atoms with Gasteiger partial charge in [0.15, 0.2) is 0 Å². The Morgan fingerprint density at radius 1 is 0.895 bits per heavy atom. The summed E-state index contributed by atoms with van der Waals surface area (Å²) in [4.78, 5) is 0. The summed E-state index contributed by atoms with van der Waals surface area (Å²) < 4.78 is 5.42. The molecule has 2 rings (SSSR count). The van der Waals surface area contributed by atoms with Crippen molar-refractivity contribution in [1.29, 1.82) is 0 Å². The molecule has 0 amide bonds.